The van der Waals surface area contributed by atoms with Gasteiger partial charge in [-0.15, -0.1) is 0 Å². The second-order valence-corrected chi connectivity index (χ2v) is 5.56. The van der Waals surface area contributed by atoms with E-state index in [9.17, 15) is 4.79 Å². The van der Waals surface area contributed by atoms with Crippen LogP contribution >= 0.6 is 0 Å². The summed E-state index contributed by atoms with van der Waals surface area (Å²) in [7, 11) is 1.73. The van der Waals surface area contributed by atoms with Crippen LogP contribution in [-0.4, -0.2) is 32.1 Å². The van der Waals surface area contributed by atoms with E-state index < -0.39 is 0 Å². The van der Waals surface area contributed by atoms with Crippen molar-refractivity contribution < 1.29 is 9.53 Å². The van der Waals surface area contributed by atoms with Crippen LogP contribution in [-0.2, 0) is 4.74 Å². The Labute approximate surface area is 121 Å². The lowest BCUT2D eigenvalue weighted by Gasteiger charge is -2.32. The highest BCUT2D eigenvalue weighted by molar-refractivity contribution is 6.01. The topological polar surface area (TPSA) is 29.5 Å². The average Bonchev–Trinajstić information content (AvgIpc) is 3.31. The molecule has 0 spiro atoms. The summed E-state index contributed by atoms with van der Waals surface area (Å²) < 4.78 is 5.24. The quantitative estimate of drug-likeness (QED) is 0.680. The SMILES string of the molecule is CCC(=O)c1ccccc1N(CCOC)C(C)C1CC1. The van der Waals surface area contributed by atoms with Crippen molar-refractivity contribution in [3.05, 3.63) is 29.8 Å². The molecule has 0 saturated heterocycles. The fraction of sp³-hybridized carbons (Fsp3) is 0.588. The van der Waals surface area contributed by atoms with Gasteiger partial charge in [0.2, 0.25) is 0 Å². The van der Waals surface area contributed by atoms with Gasteiger partial charge in [-0.05, 0) is 37.8 Å². The van der Waals surface area contributed by atoms with Gasteiger partial charge in [0.25, 0.3) is 0 Å². The minimum absolute atomic E-state index is 0.214. The Morgan fingerprint density at radius 1 is 1.40 bits per heavy atom. The van der Waals surface area contributed by atoms with Crippen LogP contribution in [0.3, 0.4) is 0 Å². The third-order valence-corrected chi connectivity index (χ3v) is 4.17. The van der Waals surface area contributed by atoms with Gasteiger partial charge < -0.3 is 9.64 Å². The Bertz CT molecular complexity index is 454. The molecule has 110 valence electrons. The van der Waals surface area contributed by atoms with Gasteiger partial charge >= 0.3 is 0 Å². The van der Waals surface area contributed by atoms with Crippen LogP contribution in [0.5, 0.6) is 0 Å². The van der Waals surface area contributed by atoms with Gasteiger partial charge in [-0.2, -0.15) is 0 Å². The van der Waals surface area contributed by atoms with E-state index >= 15 is 0 Å². The molecular weight excluding hydrogens is 250 g/mol. The van der Waals surface area contributed by atoms with Crippen LogP contribution in [0.2, 0.25) is 0 Å². The molecule has 0 N–H and O–H groups in total. The Morgan fingerprint density at radius 3 is 2.70 bits per heavy atom. The number of carbonyl (C=O) groups is 1. The van der Waals surface area contributed by atoms with Crippen LogP contribution < -0.4 is 4.90 Å². The number of nitrogens with zero attached hydrogens (tertiary/aromatic N) is 1. The predicted molar refractivity (Wildman–Crippen MR) is 82.5 cm³/mol. The third-order valence-electron chi connectivity index (χ3n) is 4.17. The first kappa shape index (κ1) is 15.0. The van der Waals surface area contributed by atoms with E-state index in [0.29, 0.717) is 19.1 Å². The van der Waals surface area contributed by atoms with Crippen molar-refractivity contribution in [1.82, 2.24) is 0 Å². The van der Waals surface area contributed by atoms with Crippen LogP contribution in [0.15, 0.2) is 24.3 Å². The normalized spacial score (nSPS) is 15.9. The van der Waals surface area contributed by atoms with E-state index in [2.05, 4.69) is 17.9 Å². The van der Waals surface area contributed by atoms with Gasteiger partial charge in [-0.3, -0.25) is 4.79 Å². The zero-order valence-corrected chi connectivity index (χ0v) is 12.8. The summed E-state index contributed by atoms with van der Waals surface area (Å²) >= 11 is 0. The van der Waals surface area contributed by atoms with Crippen molar-refractivity contribution in [2.75, 3.05) is 25.2 Å². The fourth-order valence-corrected chi connectivity index (χ4v) is 2.72. The number of ketones is 1. The molecule has 1 fully saturated rings. The lowest BCUT2D eigenvalue weighted by Crippen LogP contribution is -2.38. The minimum Gasteiger partial charge on any atom is -0.383 e. The molecule has 3 heteroatoms. The van der Waals surface area contributed by atoms with Crippen molar-refractivity contribution >= 4 is 11.5 Å². The molecule has 2 rings (SSSR count). The Morgan fingerprint density at radius 2 is 2.10 bits per heavy atom. The number of rotatable bonds is 8. The number of hydrogen-bond acceptors (Lipinski definition) is 3. The first-order valence-corrected chi connectivity index (χ1v) is 7.56. The molecule has 0 bridgehead atoms. The molecule has 3 nitrogen and oxygen atoms in total. The number of para-hydroxylation sites is 1. The lowest BCUT2D eigenvalue weighted by molar-refractivity contribution is 0.0988. The predicted octanol–water partition coefficient (Wildman–Crippen LogP) is 3.53. The number of Topliss-reactive ketones (excluding diaryl/α,β-unsaturated/α-hetero) is 1. The molecule has 1 aliphatic rings. The summed E-state index contributed by atoms with van der Waals surface area (Å²) in [6, 6.07) is 8.44. The molecule has 1 unspecified atom stereocenters. The monoisotopic (exact) mass is 275 g/mol. The van der Waals surface area contributed by atoms with Crippen molar-refractivity contribution in [3.8, 4) is 0 Å². The van der Waals surface area contributed by atoms with Crippen molar-refractivity contribution in [2.45, 2.75) is 39.2 Å². The molecule has 20 heavy (non-hydrogen) atoms. The van der Waals surface area contributed by atoms with E-state index in [0.717, 1.165) is 23.7 Å². The second kappa shape index (κ2) is 6.89. The molecule has 1 aromatic rings. The van der Waals surface area contributed by atoms with E-state index in [1.54, 1.807) is 7.11 Å². The minimum atomic E-state index is 0.214. The van der Waals surface area contributed by atoms with Crippen LogP contribution in [0.25, 0.3) is 0 Å². The number of carbonyl (C=O) groups excluding carboxylic acids is 1. The van der Waals surface area contributed by atoms with Crippen LogP contribution in [0.4, 0.5) is 5.69 Å². The number of methoxy groups -OCH3 is 1. The van der Waals surface area contributed by atoms with Gasteiger partial charge in [0.15, 0.2) is 5.78 Å². The summed E-state index contributed by atoms with van der Waals surface area (Å²) in [6.07, 6.45) is 3.15. The molecule has 0 heterocycles. The Hall–Kier alpha value is -1.35. The number of anilines is 1. The first-order valence-electron chi connectivity index (χ1n) is 7.56. The van der Waals surface area contributed by atoms with Crippen molar-refractivity contribution in [2.24, 2.45) is 5.92 Å². The molecule has 0 radical (unpaired) electrons. The van der Waals surface area contributed by atoms with E-state index in [4.69, 9.17) is 4.74 Å². The number of hydrogen-bond donors (Lipinski definition) is 0. The third kappa shape index (κ3) is 3.40. The summed E-state index contributed by atoms with van der Waals surface area (Å²) in [6.45, 7) is 5.71. The molecule has 1 saturated carbocycles. The maximum Gasteiger partial charge on any atom is 0.164 e. The first-order chi connectivity index (χ1) is 9.69. The summed E-state index contributed by atoms with van der Waals surface area (Å²) in [5.74, 6) is 0.975. The van der Waals surface area contributed by atoms with Gasteiger partial charge in [0.05, 0.1) is 6.61 Å². The van der Waals surface area contributed by atoms with E-state index in [1.165, 1.54) is 12.8 Å². The maximum absolute atomic E-state index is 12.2. The van der Waals surface area contributed by atoms with Crippen LogP contribution in [0, 0.1) is 5.92 Å². The standard InChI is InChI=1S/C17H25NO2/c1-4-17(19)15-7-5-6-8-16(15)18(11-12-20-3)13(2)14-9-10-14/h5-8,13-14H,4,9-12H2,1-3H3. The molecule has 0 amide bonds. The van der Waals surface area contributed by atoms with E-state index in [1.807, 2.05) is 25.1 Å². The van der Waals surface area contributed by atoms with Gasteiger partial charge in [-0.25, -0.2) is 0 Å². The highest BCUT2D eigenvalue weighted by Gasteiger charge is 2.33. The molecule has 1 aliphatic carbocycles. The molecular formula is C17H25NO2. The highest BCUT2D eigenvalue weighted by atomic mass is 16.5. The Kier molecular flexibility index (Phi) is 5.18. The van der Waals surface area contributed by atoms with E-state index in [-0.39, 0.29) is 5.78 Å². The lowest BCUT2D eigenvalue weighted by atomic mass is 10.0. The molecule has 0 aliphatic heterocycles. The fourth-order valence-electron chi connectivity index (χ4n) is 2.72. The Balaban J connectivity index is 2.29. The highest BCUT2D eigenvalue weighted by Crippen LogP contribution is 2.37. The van der Waals surface area contributed by atoms with Crippen molar-refractivity contribution in [3.63, 3.8) is 0 Å². The van der Waals surface area contributed by atoms with Crippen molar-refractivity contribution in [1.29, 1.82) is 0 Å². The zero-order chi connectivity index (χ0) is 14.5. The smallest absolute Gasteiger partial charge is 0.164 e. The summed E-state index contributed by atoms with van der Waals surface area (Å²) in [4.78, 5) is 14.5. The van der Waals surface area contributed by atoms with Crippen LogP contribution in [0.1, 0.15) is 43.5 Å². The zero-order valence-electron chi connectivity index (χ0n) is 12.8. The summed E-state index contributed by atoms with van der Waals surface area (Å²) in [5, 5.41) is 0. The number of benzene rings is 1. The second-order valence-electron chi connectivity index (χ2n) is 5.56. The average molecular weight is 275 g/mol. The maximum atomic E-state index is 12.2. The van der Waals surface area contributed by atoms with Gasteiger partial charge in [-0.1, -0.05) is 19.1 Å². The van der Waals surface area contributed by atoms with Gasteiger partial charge in [0, 0.05) is 37.4 Å². The largest absolute Gasteiger partial charge is 0.383 e. The van der Waals surface area contributed by atoms with Gasteiger partial charge in [0.1, 0.15) is 0 Å². The molecule has 1 atom stereocenters. The molecule has 0 aromatic heterocycles. The molecule has 1 aromatic carbocycles. The number of ether oxygens (including phenoxy) is 1. The summed E-state index contributed by atoms with van der Waals surface area (Å²) in [5.41, 5.74) is 1.91.